The Morgan fingerprint density at radius 2 is 2.05 bits per heavy atom. The smallest absolute Gasteiger partial charge is 0.0244 e. The summed E-state index contributed by atoms with van der Waals surface area (Å²) in [5.74, 6) is 0.905. The van der Waals surface area contributed by atoms with E-state index in [1.54, 1.807) is 0 Å². The van der Waals surface area contributed by atoms with E-state index in [1.807, 2.05) is 0 Å². The Bertz CT molecular complexity index is 398. The van der Waals surface area contributed by atoms with E-state index in [1.165, 1.54) is 41.5 Å². The van der Waals surface area contributed by atoms with Crippen LogP contribution in [0.1, 0.15) is 37.8 Å². The highest BCUT2D eigenvalue weighted by Crippen LogP contribution is 2.23. The van der Waals surface area contributed by atoms with Gasteiger partial charge in [-0.1, -0.05) is 41.9 Å². The first-order valence-electron chi connectivity index (χ1n) is 7.39. The molecule has 1 saturated heterocycles. The summed E-state index contributed by atoms with van der Waals surface area (Å²) in [7, 11) is 0. The van der Waals surface area contributed by atoms with E-state index >= 15 is 0 Å². The fraction of sp³-hybridized carbons (Fsp3) is 0.625. The molecular weight excluding hydrogens is 300 g/mol. The van der Waals surface area contributed by atoms with Gasteiger partial charge in [0, 0.05) is 17.6 Å². The zero-order chi connectivity index (χ0) is 13.7. The molecule has 0 bridgehead atoms. The summed E-state index contributed by atoms with van der Waals surface area (Å²) in [5.41, 5.74) is 2.76. The first-order chi connectivity index (χ1) is 9.19. The highest BCUT2D eigenvalue weighted by molar-refractivity contribution is 9.10. The minimum absolute atomic E-state index is 0.905. The molecule has 0 spiro atoms. The maximum absolute atomic E-state index is 3.72. The maximum atomic E-state index is 3.72. The summed E-state index contributed by atoms with van der Waals surface area (Å²) in [4.78, 5) is 2.57. The van der Waals surface area contributed by atoms with Crippen molar-refractivity contribution in [3.05, 3.63) is 33.8 Å². The monoisotopic (exact) mass is 324 g/mol. The molecule has 3 heteroatoms. The molecule has 1 aliphatic rings. The second-order valence-corrected chi connectivity index (χ2v) is 6.52. The standard InChI is InChI=1S/C16H25BrN2/c1-3-18-11-14-4-5-15(16(17)10-14)12-19-8-6-13(2)7-9-19/h4-5,10,13,18H,3,6-9,11-12H2,1-2H3. The Morgan fingerprint density at radius 1 is 1.32 bits per heavy atom. The van der Waals surface area contributed by atoms with E-state index in [9.17, 15) is 0 Å². The number of hydrogen-bond acceptors (Lipinski definition) is 2. The first-order valence-corrected chi connectivity index (χ1v) is 8.18. The van der Waals surface area contributed by atoms with Crippen molar-refractivity contribution in [2.24, 2.45) is 5.92 Å². The number of benzene rings is 1. The van der Waals surface area contributed by atoms with Crippen LogP contribution in [0, 0.1) is 5.92 Å². The van der Waals surface area contributed by atoms with Crippen LogP contribution in [0.2, 0.25) is 0 Å². The normalized spacial score (nSPS) is 17.8. The van der Waals surface area contributed by atoms with Gasteiger partial charge in [0.25, 0.3) is 0 Å². The van der Waals surface area contributed by atoms with Gasteiger partial charge in [0.05, 0.1) is 0 Å². The molecule has 1 aromatic rings. The van der Waals surface area contributed by atoms with Crippen molar-refractivity contribution in [2.45, 2.75) is 39.8 Å². The van der Waals surface area contributed by atoms with E-state index in [0.717, 1.165) is 25.6 Å². The van der Waals surface area contributed by atoms with Crippen LogP contribution in [0.15, 0.2) is 22.7 Å². The van der Waals surface area contributed by atoms with Crippen molar-refractivity contribution in [3.63, 3.8) is 0 Å². The second-order valence-electron chi connectivity index (χ2n) is 5.66. The molecule has 1 aromatic carbocycles. The van der Waals surface area contributed by atoms with Crippen LogP contribution >= 0.6 is 15.9 Å². The summed E-state index contributed by atoms with van der Waals surface area (Å²) in [5, 5.41) is 3.37. The summed E-state index contributed by atoms with van der Waals surface area (Å²) < 4.78 is 1.25. The van der Waals surface area contributed by atoms with Gasteiger partial charge in [-0.25, -0.2) is 0 Å². The molecule has 1 N–H and O–H groups in total. The van der Waals surface area contributed by atoms with Gasteiger partial charge in [0.15, 0.2) is 0 Å². The lowest BCUT2D eigenvalue weighted by Gasteiger charge is -2.30. The molecule has 0 aliphatic carbocycles. The van der Waals surface area contributed by atoms with Gasteiger partial charge in [-0.3, -0.25) is 4.90 Å². The molecule has 106 valence electrons. The summed E-state index contributed by atoms with van der Waals surface area (Å²) in [6, 6.07) is 6.77. The minimum atomic E-state index is 0.905. The minimum Gasteiger partial charge on any atom is -0.313 e. The van der Waals surface area contributed by atoms with Crippen LogP contribution in [0.3, 0.4) is 0 Å². The predicted molar refractivity (Wildman–Crippen MR) is 85.2 cm³/mol. The lowest BCUT2D eigenvalue weighted by molar-refractivity contribution is 0.185. The average molecular weight is 325 g/mol. The zero-order valence-corrected chi connectivity index (χ0v) is 13.7. The number of nitrogens with one attached hydrogen (secondary N) is 1. The van der Waals surface area contributed by atoms with E-state index in [-0.39, 0.29) is 0 Å². The quantitative estimate of drug-likeness (QED) is 0.886. The van der Waals surface area contributed by atoms with Crippen molar-refractivity contribution >= 4 is 15.9 Å². The fourth-order valence-electron chi connectivity index (χ4n) is 2.56. The van der Waals surface area contributed by atoms with Crippen molar-refractivity contribution < 1.29 is 0 Å². The predicted octanol–water partition coefficient (Wildman–Crippen LogP) is 3.79. The number of halogens is 1. The lowest BCUT2D eigenvalue weighted by Crippen LogP contribution is -2.32. The van der Waals surface area contributed by atoms with E-state index in [0.29, 0.717) is 0 Å². The van der Waals surface area contributed by atoms with Gasteiger partial charge in [-0.2, -0.15) is 0 Å². The summed E-state index contributed by atoms with van der Waals surface area (Å²) >= 11 is 3.72. The number of rotatable bonds is 5. The average Bonchev–Trinajstić information content (AvgIpc) is 2.41. The topological polar surface area (TPSA) is 15.3 Å². The van der Waals surface area contributed by atoms with Gasteiger partial charge in [0.1, 0.15) is 0 Å². The third-order valence-corrected chi connectivity index (χ3v) is 4.71. The second kappa shape index (κ2) is 7.41. The van der Waals surface area contributed by atoms with Crippen LogP contribution in [0.5, 0.6) is 0 Å². The van der Waals surface area contributed by atoms with Crippen LogP contribution in [-0.4, -0.2) is 24.5 Å². The molecule has 19 heavy (non-hydrogen) atoms. The van der Waals surface area contributed by atoms with E-state index < -0.39 is 0 Å². The van der Waals surface area contributed by atoms with Crippen LogP contribution < -0.4 is 5.32 Å². The highest BCUT2D eigenvalue weighted by atomic mass is 79.9. The molecular formula is C16H25BrN2. The molecule has 1 fully saturated rings. The molecule has 0 saturated carbocycles. The third kappa shape index (κ3) is 4.59. The molecule has 0 atom stereocenters. The number of piperidine rings is 1. The highest BCUT2D eigenvalue weighted by Gasteiger charge is 2.16. The van der Waals surface area contributed by atoms with Crippen LogP contribution in [0.4, 0.5) is 0 Å². The molecule has 2 nitrogen and oxygen atoms in total. The molecule has 1 aliphatic heterocycles. The molecule has 0 unspecified atom stereocenters. The fourth-order valence-corrected chi connectivity index (χ4v) is 3.11. The van der Waals surface area contributed by atoms with Crippen molar-refractivity contribution in [1.29, 1.82) is 0 Å². The Morgan fingerprint density at radius 3 is 2.68 bits per heavy atom. The first kappa shape index (κ1) is 15.0. The Kier molecular flexibility index (Phi) is 5.86. The molecule has 1 heterocycles. The van der Waals surface area contributed by atoms with Gasteiger partial charge in [-0.15, -0.1) is 0 Å². The van der Waals surface area contributed by atoms with Gasteiger partial charge in [0.2, 0.25) is 0 Å². The van der Waals surface area contributed by atoms with Crippen molar-refractivity contribution in [3.8, 4) is 0 Å². The number of hydrogen-bond donors (Lipinski definition) is 1. The van der Waals surface area contributed by atoms with E-state index in [2.05, 4.69) is 58.2 Å². The summed E-state index contributed by atoms with van der Waals surface area (Å²) in [6.45, 7) is 10.0. The largest absolute Gasteiger partial charge is 0.313 e. The summed E-state index contributed by atoms with van der Waals surface area (Å²) in [6.07, 6.45) is 2.69. The maximum Gasteiger partial charge on any atom is 0.0244 e. The van der Waals surface area contributed by atoms with Gasteiger partial charge < -0.3 is 5.32 Å². The van der Waals surface area contributed by atoms with Gasteiger partial charge in [-0.05, 0) is 55.6 Å². The Balaban J connectivity index is 1.93. The van der Waals surface area contributed by atoms with Crippen LogP contribution in [0.25, 0.3) is 0 Å². The number of nitrogens with zero attached hydrogens (tertiary/aromatic N) is 1. The van der Waals surface area contributed by atoms with Crippen molar-refractivity contribution in [2.75, 3.05) is 19.6 Å². The van der Waals surface area contributed by atoms with E-state index in [4.69, 9.17) is 0 Å². The zero-order valence-electron chi connectivity index (χ0n) is 12.1. The third-order valence-electron chi connectivity index (χ3n) is 3.97. The molecule has 0 radical (unpaired) electrons. The lowest BCUT2D eigenvalue weighted by atomic mass is 9.99. The van der Waals surface area contributed by atoms with Crippen molar-refractivity contribution in [1.82, 2.24) is 10.2 Å². The Labute approximate surface area is 125 Å². The molecule has 0 amide bonds. The molecule has 2 rings (SSSR count). The number of likely N-dealkylation sites (tertiary alicyclic amines) is 1. The van der Waals surface area contributed by atoms with Gasteiger partial charge >= 0.3 is 0 Å². The van der Waals surface area contributed by atoms with Crippen LogP contribution in [-0.2, 0) is 13.1 Å². The Hall–Kier alpha value is -0.380. The molecule has 0 aromatic heterocycles. The SMILES string of the molecule is CCNCc1ccc(CN2CCC(C)CC2)c(Br)c1.